The van der Waals surface area contributed by atoms with E-state index in [9.17, 15) is 9.59 Å². The molecule has 0 aromatic rings. The first-order valence-electron chi connectivity index (χ1n) is 8.56. The van der Waals surface area contributed by atoms with Crippen LogP contribution in [0.15, 0.2) is 5.11 Å². The van der Waals surface area contributed by atoms with Crippen LogP contribution in [0.1, 0.15) is 34.6 Å². The molecule has 0 radical (unpaired) electrons. The number of nitrogens with zero attached hydrogens (tertiary/aromatic N) is 3. The van der Waals surface area contributed by atoms with Crippen LogP contribution < -0.4 is 0 Å². The Labute approximate surface area is 154 Å². The molecule has 146 valence electrons. The van der Waals surface area contributed by atoms with Crippen molar-refractivity contribution in [2.24, 2.45) is 5.11 Å². The number of fused-ring (bicyclic) bond motifs is 1. The molecule has 0 spiro atoms. The molecule has 4 atom stereocenters. The van der Waals surface area contributed by atoms with Gasteiger partial charge in [0.15, 0.2) is 32.0 Å². The number of ketones is 1. The fraction of sp³-hybridized carbons (Fsp3) is 0.875. The molecule has 0 bridgehead atoms. The van der Waals surface area contributed by atoms with Crippen molar-refractivity contribution in [2.75, 3.05) is 6.61 Å². The van der Waals surface area contributed by atoms with E-state index in [0.717, 1.165) is 0 Å². The molecule has 2 heterocycles. The first-order valence-corrected chi connectivity index (χ1v) is 11.5. The highest BCUT2D eigenvalue weighted by molar-refractivity contribution is 6.74. The van der Waals surface area contributed by atoms with E-state index in [0.29, 0.717) is 0 Å². The summed E-state index contributed by atoms with van der Waals surface area (Å²) >= 11 is 0. The summed E-state index contributed by atoms with van der Waals surface area (Å²) in [6, 6.07) is -1.18. The number of rotatable bonds is 5. The minimum atomic E-state index is -2.14. The number of carbonyl (C=O) groups excluding carboxylic acids is 2. The van der Waals surface area contributed by atoms with Crippen LogP contribution in [0.3, 0.4) is 0 Å². The van der Waals surface area contributed by atoms with Gasteiger partial charge in [0.1, 0.15) is 12.2 Å². The van der Waals surface area contributed by atoms with Crippen LogP contribution in [-0.4, -0.2) is 56.8 Å². The standard InChI is InChI=1S/C16H27N3O6Si/c1-15(2,3)26(6,7)22-8-9(20)11-13-12(24-16(4,5)25-13)10(18-19-17)14(21)23-11/h10-13H,8H2,1-7H3/t10-,11?,12+,13-/m0/s1. The lowest BCUT2D eigenvalue weighted by atomic mass is 9.96. The molecule has 0 aromatic carbocycles. The third kappa shape index (κ3) is 4.10. The van der Waals surface area contributed by atoms with Gasteiger partial charge in [0.25, 0.3) is 0 Å². The molecule has 2 aliphatic heterocycles. The van der Waals surface area contributed by atoms with Crippen LogP contribution in [0.5, 0.6) is 0 Å². The average molecular weight is 385 g/mol. The lowest BCUT2D eigenvalue weighted by Crippen LogP contribution is -2.57. The lowest BCUT2D eigenvalue weighted by molar-refractivity contribution is -0.177. The van der Waals surface area contributed by atoms with Crippen LogP contribution in [0.4, 0.5) is 0 Å². The first-order chi connectivity index (χ1) is 11.8. The Morgan fingerprint density at radius 1 is 1.31 bits per heavy atom. The maximum absolute atomic E-state index is 12.7. The number of ether oxygens (including phenoxy) is 3. The van der Waals surface area contributed by atoms with E-state index in [2.05, 4.69) is 30.8 Å². The van der Waals surface area contributed by atoms with E-state index in [1.165, 1.54) is 0 Å². The van der Waals surface area contributed by atoms with E-state index in [1.54, 1.807) is 13.8 Å². The van der Waals surface area contributed by atoms with Gasteiger partial charge in [-0.1, -0.05) is 25.9 Å². The predicted octanol–water partition coefficient (Wildman–Crippen LogP) is 2.70. The number of Topliss-reactive ketones (excluding diaryl/α,β-unsaturated/α-hetero) is 1. The summed E-state index contributed by atoms with van der Waals surface area (Å²) in [6.45, 7) is 13.4. The van der Waals surface area contributed by atoms with Crippen LogP contribution >= 0.6 is 0 Å². The van der Waals surface area contributed by atoms with E-state index >= 15 is 0 Å². The van der Waals surface area contributed by atoms with Crippen molar-refractivity contribution in [3.8, 4) is 0 Å². The maximum atomic E-state index is 12.7. The number of hydrogen-bond donors (Lipinski definition) is 0. The van der Waals surface area contributed by atoms with Gasteiger partial charge in [-0.25, -0.2) is 0 Å². The lowest BCUT2D eigenvalue weighted by Gasteiger charge is -2.37. The zero-order valence-electron chi connectivity index (χ0n) is 16.3. The Balaban J connectivity index is 2.17. The fourth-order valence-electron chi connectivity index (χ4n) is 2.66. The molecule has 2 saturated heterocycles. The van der Waals surface area contributed by atoms with Crippen molar-refractivity contribution < 1.29 is 28.2 Å². The highest BCUT2D eigenvalue weighted by atomic mass is 28.4. The number of cyclic esters (lactones) is 1. The van der Waals surface area contributed by atoms with Crippen molar-refractivity contribution in [1.82, 2.24) is 0 Å². The second-order valence-corrected chi connectivity index (χ2v) is 13.4. The number of hydrogen-bond acceptors (Lipinski definition) is 7. The summed E-state index contributed by atoms with van der Waals surface area (Å²) in [7, 11) is -2.14. The minimum absolute atomic E-state index is 0.0549. The summed E-state index contributed by atoms with van der Waals surface area (Å²) in [5.74, 6) is -2.21. The monoisotopic (exact) mass is 385 g/mol. The number of azide groups is 1. The van der Waals surface area contributed by atoms with Gasteiger partial charge in [0.2, 0.25) is 0 Å². The summed E-state index contributed by atoms with van der Waals surface area (Å²) in [6.07, 6.45) is -2.86. The van der Waals surface area contributed by atoms with Gasteiger partial charge < -0.3 is 18.6 Å². The fourth-order valence-corrected chi connectivity index (χ4v) is 3.60. The van der Waals surface area contributed by atoms with Gasteiger partial charge in [-0.05, 0) is 37.5 Å². The first kappa shape index (κ1) is 20.9. The topological polar surface area (TPSA) is 120 Å². The molecule has 0 aromatic heterocycles. The molecule has 10 heteroatoms. The van der Waals surface area contributed by atoms with E-state index in [-0.39, 0.29) is 17.4 Å². The zero-order chi connectivity index (χ0) is 19.9. The second kappa shape index (κ2) is 6.93. The molecule has 2 fully saturated rings. The molecule has 1 unspecified atom stereocenters. The molecular formula is C16H27N3O6Si. The van der Waals surface area contributed by atoms with Gasteiger partial charge >= 0.3 is 5.97 Å². The third-order valence-electron chi connectivity index (χ3n) is 5.13. The molecule has 26 heavy (non-hydrogen) atoms. The molecular weight excluding hydrogens is 358 g/mol. The molecule has 0 saturated carbocycles. The normalized spacial score (nSPS) is 31.0. The summed E-state index contributed by atoms with van der Waals surface area (Å²) in [5.41, 5.74) is 8.68. The molecule has 2 rings (SSSR count). The molecule has 0 N–H and O–H groups in total. The van der Waals surface area contributed by atoms with E-state index < -0.39 is 44.4 Å². The van der Waals surface area contributed by atoms with Gasteiger partial charge in [0, 0.05) is 4.91 Å². The van der Waals surface area contributed by atoms with E-state index in [1.807, 2.05) is 13.1 Å². The van der Waals surface area contributed by atoms with Crippen molar-refractivity contribution >= 4 is 20.1 Å². The Kier molecular flexibility index (Phi) is 5.56. The Bertz CT molecular complexity index is 638. The summed E-state index contributed by atoms with van der Waals surface area (Å²) in [5, 5.41) is 3.39. The van der Waals surface area contributed by atoms with Gasteiger partial charge in [0.05, 0.1) is 6.61 Å². The SMILES string of the molecule is CC1(C)O[C@@H]2[C@H](N=[N+]=[N-])C(=O)OC(C(=O)CO[Si](C)(C)C(C)(C)C)[C@@H]2O1. The number of carbonyl (C=O) groups is 2. The number of esters is 1. The Hall–Kier alpha value is -1.45. The molecule has 2 aliphatic rings. The highest BCUT2D eigenvalue weighted by Gasteiger charge is 2.57. The van der Waals surface area contributed by atoms with Crippen molar-refractivity contribution in [3.05, 3.63) is 10.4 Å². The van der Waals surface area contributed by atoms with Gasteiger partial charge in [-0.3, -0.25) is 9.59 Å². The van der Waals surface area contributed by atoms with E-state index in [4.69, 9.17) is 24.2 Å². The summed E-state index contributed by atoms with van der Waals surface area (Å²) < 4.78 is 22.6. The van der Waals surface area contributed by atoms with Crippen molar-refractivity contribution in [2.45, 2.75) is 82.9 Å². The Morgan fingerprint density at radius 2 is 1.88 bits per heavy atom. The smallest absolute Gasteiger partial charge is 0.318 e. The van der Waals surface area contributed by atoms with Crippen LogP contribution in [0.2, 0.25) is 18.1 Å². The maximum Gasteiger partial charge on any atom is 0.318 e. The quantitative estimate of drug-likeness (QED) is 0.236. The van der Waals surface area contributed by atoms with Crippen molar-refractivity contribution in [3.63, 3.8) is 0 Å². The second-order valence-electron chi connectivity index (χ2n) is 8.59. The molecule has 0 aliphatic carbocycles. The minimum Gasteiger partial charge on any atom is -0.451 e. The third-order valence-corrected chi connectivity index (χ3v) is 9.61. The molecule has 9 nitrogen and oxygen atoms in total. The predicted molar refractivity (Wildman–Crippen MR) is 94.8 cm³/mol. The summed E-state index contributed by atoms with van der Waals surface area (Å²) in [4.78, 5) is 27.6. The van der Waals surface area contributed by atoms with Crippen LogP contribution in [0.25, 0.3) is 10.4 Å². The van der Waals surface area contributed by atoms with Gasteiger partial charge in [-0.2, -0.15) is 0 Å². The van der Waals surface area contributed by atoms with Crippen molar-refractivity contribution in [1.29, 1.82) is 0 Å². The zero-order valence-corrected chi connectivity index (χ0v) is 17.3. The Morgan fingerprint density at radius 3 is 2.42 bits per heavy atom. The molecule has 0 amide bonds. The largest absolute Gasteiger partial charge is 0.451 e. The van der Waals surface area contributed by atoms with Gasteiger partial charge in [-0.15, -0.1) is 0 Å². The highest BCUT2D eigenvalue weighted by Crippen LogP contribution is 2.39. The van der Waals surface area contributed by atoms with Crippen LogP contribution in [-0.2, 0) is 28.2 Å². The average Bonchev–Trinajstić information content (AvgIpc) is 2.81. The van der Waals surface area contributed by atoms with Crippen LogP contribution in [0, 0.1) is 0 Å².